The Kier molecular flexibility index (Phi) is 5.54. The fraction of sp³-hybridized carbons (Fsp3) is 0.263. The first kappa shape index (κ1) is 16.6. The topological polar surface area (TPSA) is 49.4 Å². The summed E-state index contributed by atoms with van der Waals surface area (Å²) in [6, 6.07) is 17.5. The molecule has 0 bridgehead atoms. The Labute approximate surface area is 146 Å². The first-order valence-corrected chi connectivity index (χ1v) is 9.09. The zero-order valence-corrected chi connectivity index (χ0v) is 14.2. The van der Waals surface area contributed by atoms with Gasteiger partial charge >= 0.3 is 0 Å². The number of rotatable bonds is 6. The number of anilines is 2. The van der Waals surface area contributed by atoms with Crippen LogP contribution in [-0.2, 0) is 9.59 Å². The van der Waals surface area contributed by atoms with Crippen LogP contribution < -0.4 is 10.2 Å². The van der Waals surface area contributed by atoms with Gasteiger partial charge in [0.2, 0.25) is 11.8 Å². The van der Waals surface area contributed by atoms with Crippen LogP contribution in [-0.4, -0.2) is 24.1 Å². The fourth-order valence-electron chi connectivity index (χ4n) is 2.65. The second-order valence-corrected chi connectivity index (χ2v) is 6.82. The number of benzene rings is 2. The van der Waals surface area contributed by atoms with Gasteiger partial charge in [-0.15, -0.1) is 11.8 Å². The molecular weight excluding hydrogens is 320 g/mol. The minimum Gasteiger partial charge on any atom is -0.326 e. The van der Waals surface area contributed by atoms with Crippen molar-refractivity contribution in [3.63, 3.8) is 0 Å². The van der Waals surface area contributed by atoms with Crippen molar-refractivity contribution in [1.29, 1.82) is 0 Å². The van der Waals surface area contributed by atoms with Gasteiger partial charge < -0.3 is 10.2 Å². The molecule has 124 valence electrons. The number of nitrogens with one attached hydrogen (secondary N) is 1. The lowest BCUT2D eigenvalue weighted by Crippen LogP contribution is -2.23. The molecule has 1 N–H and O–H groups in total. The molecule has 0 aromatic heterocycles. The molecule has 2 aromatic carbocycles. The largest absolute Gasteiger partial charge is 0.326 e. The molecule has 0 atom stereocenters. The monoisotopic (exact) mass is 340 g/mol. The lowest BCUT2D eigenvalue weighted by molar-refractivity contribution is -0.117. The Balaban J connectivity index is 1.47. The Bertz CT molecular complexity index is 701. The summed E-state index contributed by atoms with van der Waals surface area (Å²) in [4.78, 5) is 26.7. The molecule has 1 heterocycles. The highest BCUT2D eigenvalue weighted by Crippen LogP contribution is 2.23. The molecule has 0 aliphatic carbocycles. The van der Waals surface area contributed by atoms with Crippen molar-refractivity contribution in [1.82, 2.24) is 0 Å². The van der Waals surface area contributed by atoms with E-state index in [4.69, 9.17) is 0 Å². The van der Waals surface area contributed by atoms with E-state index >= 15 is 0 Å². The van der Waals surface area contributed by atoms with Gasteiger partial charge in [0.15, 0.2) is 0 Å². The van der Waals surface area contributed by atoms with Crippen molar-refractivity contribution in [2.45, 2.75) is 24.2 Å². The average molecular weight is 340 g/mol. The second-order valence-electron chi connectivity index (χ2n) is 5.66. The summed E-state index contributed by atoms with van der Waals surface area (Å²) in [5.41, 5.74) is 1.66. The number of amides is 2. The first-order chi connectivity index (χ1) is 11.7. The van der Waals surface area contributed by atoms with E-state index in [1.807, 2.05) is 54.6 Å². The molecule has 2 aromatic rings. The number of thioether (sulfide) groups is 1. The van der Waals surface area contributed by atoms with Crippen LogP contribution in [0.1, 0.15) is 19.3 Å². The van der Waals surface area contributed by atoms with E-state index in [2.05, 4.69) is 5.32 Å². The predicted octanol–water partition coefficient (Wildman–Crippen LogP) is 3.93. The maximum atomic E-state index is 12.0. The highest BCUT2D eigenvalue weighted by Gasteiger charge is 2.21. The number of hydrogen-bond acceptors (Lipinski definition) is 3. The van der Waals surface area contributed by atoms with E-state index in [0.29, 0.717) is 12.8 Å². The fourth-order valence-corrected chi connectivity index (χ4v) is 3.52. The van der Waals surface area contributed by atoms with Crippen LogP contribution in [0, 0.1) is 0 Å². The van der Waals surface area contributed by atoms with Crippen LogP contribution >= 0.6 is 11.8 Å². The van der Waals surface area contributed by atoms with Crippen molar-refractivity contribution in [3.8, 4) is 0 Å². The molecule has 24 heavy (non-hydrogen) atoms. The number of carbonyl (C=O) groups is 2. The molecule has 0 spiro atoms. The lowest BCUT2D eigenvalue weighted by Gasteiger charge is -2.16. The third-order valence-electron chi connectivity index (χ3n) is 3.88. The van der Waals surface area contributed by atoms with E-state index in [1.165, 1.54) is 4.90 Å². The molecule has 1 fully saturated rings. The molecule has 3 rings (SSSR count). The molecule has 1 aliphatic rings. The van der Waals surface area contributed by atoms with Gasteiger partial charge in [0, 0.05) is 41.4 Å². The van der Waals surface area contributed by atoms with E-state index in [1.54, 1.807) is 16.7 Å². The molecule has 4 nitrogen and oxygen atoms in total. The zero-order chi connectivity index (χ0) is 16.8. The smallest absolute Gasteiger partial charge is 0.227 e. The van der Waals surface area contributed by atoms with Gasteiger partial charge in [-0.3, -0.25) is 9.59 Å². The Morgan fingerprint density at radius 3 is 2.50 bits per heavy atom. The summed E-state index contributed by atoms with van der Waals surface area (Å²) in [6.07, 6.45) is 2.00. The summed E-state index contributed by atoms with van der Waals surface area (Å²) in [5.74, 6) is 0.920. The van der Waals surface area contributed by atoms with Crippen LogP contribution in [0.15, 0.2) is 59.5 Å². The minimum atomic E-state index is 0.00318. The van der Waals surface area contributed by atoms with Gasteiger partial charge in [0.25, 0.3) is 0 Å². The molecule has 0 radical (unpaired) electrons. The standard InChI is InChI=1S/C19H20N2O2S/c22-18(12-14-24-17-5-2-1-3-6-17)20-15-8-10-16(11-9-15)21-13-4-7-19(21)23/h1-3,5-6,8-11H,4,7,12-14H2,(H,20,22). The van der Waals surface area contributed by atoms with Crippen molar-refractivity contribution in [2.75, 3.05) is 22.5 Å². The SMILES string of the molecule is O=C(CCSc1ccccc1)Nc1ccc(N2CCCC2=O)cc1. The van der Waals surface area contributed by atoms with Gasteiger partial charge in [-0.05, 0) is 42.8 Å². The van der Waals surface area contributed by atoms with Crippen LogP contribution in [0.2, 0.25) is 0 Å². The van der Waals surface area contributed by atoms with Gasteiger partial charge in [-0.1, -0.05) is 18.2 Å². The first-order valence-electron chi connectivity index (χ1n) is 8.10. The van der Waals surface area contributed by atoms with Crippen LogP contribution in [0.25, 0.3) is 0 Å². The summed E-state index contributed by atoms with van der Waals surface area (Å²) < 4.78 is 0. The normalized spacial score (nSPS) is 14.0. The van der Waals surface area contributed by atoms with E-state index in [9.17, 15) is 9.59 Å². The molecule has 1 saturated heterocycles. The Morgan fingerprint density at radius 2 is 1.83 bits per heavy atom. The Morgan fingerprint density at radius 1 is 1.08 bits per heavy atom. The molecule has 2 amide bonds. The van der Waals surface area contributed by atoms with Crippen molar-refractivity contribution >= 4 is 35.0 Å². The number of nitrogens with zero attached hydrogens (tertiary/aromatic N) is 1. The molecule has 5 heteroatoms. The van der Waals surface area contributed by atoms with Gasteiger partial charge in [0.1, 0.15) is 0 Å². The molecule has 1 aliphatic heterocycles. The van der Waals surface area contributed by atoms with Crippen LogP contribution in [0.3, 0.4) is 0 Å². The molecular formula is C19H20N2O2S. The molecule has 0 unspecified atom stereocenters. The van der Waals surface area contributed by atoms with Gasteiger partial charge in [-0.25, -0.2) is 0 Å². The summed E-state index contributed by atoms with van der Waals surface area (Å²) in [7, 11) is 0. The summed E-state index contributed by atoms with van der Waals surface area (Å²) in [5, 5.41) is 2.90. The van der Waals surface area contributed by atoms with Crippen molar-refractivity contribution in [3.05, 3.63) is 54.6 Å². The maximum absolute atomic E-state index is 12.0. The highest BCUT2D eigenvalue weighted by molar-refractivity contribution is 7.99. The Hall–Kier alpha value is -2.27. The third kappa shape index (κ3) is 4.38. The summed E-state index contributed by atoms with van der Waals surface area (Å²) in [6.45, 7) is 0.779. The highest BCUT2D eigenvalue weighted by atomic mass is 32.2. The van der Waals surface area contributed by atoms with E-state index in [0.717, 1.165) is 30.1 Å². The van der Waals surface area contributed by atoms with E-state index in [-0.39, 0.29) is 11.8 Å². The number of hydrogen-bond donors (Lipinski definition) is 1. The second kappa shape index (κ2) is 8.02. The van der Waals surface area contributed by atoms with Crippen LogP contribution in [0.4, 0.5) is 11.4 Å². The quantitative estimate of drug-likeness (QED) is 0.811. The summed E-state index contributed by atoms with van der Waals surface area (Å²) >= 11 is 1.67. The van der Waals surface area contributed by atoms with Gasteiger partial charge in [-0.2, -0.15) is 0 Å². The van der Waals surface area contributed by atoms with Crippen LogP contribution in [0.5, 0.6) is 0 Å². The maximum Gasteiger partial charge on any atom is 0.227 e. The number of carbonyl (C=O) groups excluding carboxylic acids is 2. The van der Waals surface area contributed by atoms with Crippen molar-refractivity contribution < 1.29 is 9.59 Å². The minimum absolute atomic E-state index is 0.00318. The predicted molar refractivity (Wildman–Crippen MR) is 98.4 cm³/mol. The lowest BCUT2D eigenvalue weighted by atomic mass is 10.2. The van der Waals surface area contributed by atoms with Gasteiger partial charge in [0.05, 0.1) is 0 Å². The molecule has 0 saturated carbocycles. The average Bonchev–Trinajstić information content (AvgIpc) is 3.03. The van der Waals surface area contributed by atoms with Crippen molar-refractivity contribution in [2.24, 2.45) is 0 Å². The van der Waals surface area contributed by atoms with E-state index < -0.39 is 0 Å². The third-order valence-corrected chi connectivity index (χ3v) is 4.89. The zero-order valence-electron chi connectivity index (χ0n) is 13.4.